The number of anilines is 1. The average Bonchev–Trinajstić information content (AvgIpc) is 2.83. The van der Waals surface area contributed by atoms with E-state index in [1.165, 1.54) is 6.07 Å². The molecule has 2 aromatic rings. The van der Waals surface area contributed by atoms with Gasteiger partial charge in [0.15, 0.2) is 0 Å². The van der Waals surface area contributed by atoms with Gasteiger partial charge in [-0.15, -0.1) is 0 Å². The molecule has 0 aliphatic heterocycles. The number of rotatable bonds is 3. The molecule has 3 rings (SSSR count). The Morgan fingerprint density at radius 2 is 2.15 bits per heavy atom. The van der Waals surface area contributed by atoms with Crippen LogP contribution in [0.2, 0.25) is 0 Å². The first kappa shape index (κ1) is 13.4. The van der Waals surface area contributed by atoms with Gasteiger partial charge in [0.25, 0.3) is 0 Å². The molecule has 1 aliphatic rings. The van der Waals surface area contributed by atoms with Gasteiger partial charge in [-0.05, 0) is 42.2 Å². The molecule has 0 bridgehead atoms. The van der Waals surface area contributed by atoms with Gasteiger partial charge in [0.05, 0.1) is 13.2 Å². The van der Waals surface area contributed by atoms with Crippen molar-refractivity contribution in [3.8, 4) is 5.75 Å². The van der Waals surface area contributed by atoms with Crippen LogP contribution in [0, 0.1) is 5.82 Å². The van der Waals surface area contributed by atoms with E-state index in [-0.39, 0.29) is 11.9 Å². The first-order chi connectivity index (χ1) is 9.67. The fourth-order valence-electron chi connectivity index (χ4n) is 2.72. The van der Waals surface area contributed by atoms with Crippen molar-refractivity contribution in [2.45, 2.75) is 18.9 Å². The second kappa shape index (κ2) is 5.44. The number of methoxy groups -OCH3 is 1. The lowest BCUT2D eigenvalue weighted by atomic mass is 10.1. The Balaban J connectivity index is 1.87. The third-order valence-corrected chi connectivity index (χ3v) is 4.12. The van der Waals surface area contributed by atoms with Gasteiger partial charge >= 0.3 is 0 Å². The molecule has 0 aromatic heterocycles. The largest absolute Gasteiger partial charge is 0.497 e. The molecule has 1 unspecified atom stereocenters. The summed E-state index contributed by atoms with van der Waals surface area (Å²) in [5.74, 6) is 0.693. The molecule has 0 amide bonds. The molecule has 20 heavy (non-hydrogen) atoms. The lowest BCUT2D eigenvalue weighted by molar-refractivity contribution is 0.414. The van der Waals surface area contributed by atoms with Crippen LogP contribution >= 0.6 is 15.9 Å². The van der Waals surface area contributed by atoms with Gasteiger partial charge in [0.2, 0.25) is 0 Å². The number of halogens is 2. The van der Waals surface area contributed by atoms with Crippen molar-refractivity contribution in [1.29, 1.82) is 0 Å². The monoisotopic (exact) mass is 335 g/mol. The first-order valence-corrected chi connectivity index (χ1v) is 7.35. The van der Waals surface area contributed by atoms with Crippen LogP contribution in [0.4, 0.5) is 10.1 Å². The summed E-state index contributed by atoms with van der Waals surface area (Å²) in [4.78, 5) is 0. The van der Waals surface area contributed by atoms with E-state index < -0.39 is 0 Å². The van der Waals surface area contributed by atoms with Crippen molar-refractivity contribution >= 4 is 21.6 Å². The number of ether oxygens (including phenoxy) is 1. The van der Waals surface area contributed by atoms with Crippen molar-refractivity contribution in [2.24, 2.45) is 0 Å². The maximum absolute atomic E-state index is 13.7. The molecule has 0 saturated carbocycles. The van der Waals surface area contributed by atoms with E-state index in [1.54, 1.807) is 13.2 Å². The van der Waals surface area contributed by atoms with Crippen LogP contribution in [0.1, 0.15) is 23.6 Å². The molecule has 0 radical (unpaired) electrons. The molecule has 2 aromatic carbocycles. The summed E-state index contributed by atoms with van der Waals surface area (Å²) in [7, 11) is 1.64. The van der Waals surface area contributed by atoms with Crippen LogP contribution in [0.15, 0.2) is 40.9 Å². The van der Waals surface area contributed by atoms with Gasteiger partial charge in [-0.1, -0.05) is 28.1 Å². The molecule has 104 valence electrons. The van der Waals surface area contributed by atoms with Crippen LogP contribution < -0.4 is 10.1 Å². The smallest absolute Gasteiger partial charge is 0.126 e. The summed E-state index contributed by atoms with van der Waals surface area (Å²) in [5.41, 5.74) is 2.87. The topological polar surface area (TPSA) is 21.3 Å². The van der Waals surface area contributed by atoms with Gasteiger partial charge in [0, 0.05) is 16.2 Å². The molecule has 0 saturated heterocycles. The number of nitrogens with one attached hydrogen (secondary N) is 1. The minimum absolute atomic E-state index is 0.0985. The van der Waals surface area contributed by atoms with Crippen LogP contribution in [0.25, 0.3) is 0 Å². The second-order valence-electron chi connectivity index (χ2n) is 4.92. The Bertz CT molecular complexity index is 644. The SMILES string of the molecule is COc1cc(Br)cc(NC2CCc3c(F)cccc32)c1. The predicted molar refractivity (Wildman–Crippen MR) is 81.8 cm³/mol. The maximum atomic E-state index is 13.7. The molecule has 2 nitrogen and oxygen atoms in total. The van der Waals surface area contributed by atoms with Gasteiger partial charge in [-0.3, -0.25) is 0 Å². The van der Waals surface area contributed by atoms with Crippen LogP contribution in [0.5, 0.6) is 5.75 Å². The molecule has 0 heterocycles. The summed E-state index contributed by atoms with van der Waals surface area (Å²) < 4.78 is 19.9. The third kappa shape index (κ3) is 2.52. The maximum Gasteiger partial charge on any atom is 0.126 e. The van der Waals surface area contributed by atoms with E-state index in [9.17, 15) is 4.39 Å². The van der Waals surface area contributed by atoms with Crippen molar-refractivity contribution in [3.63, 3.8) is 0 Å². The van der Waals surface area contributed by atoms with Crippen molar-refractivity contribution in [1.82, 2.24) is 0 Å². The molecule has 1 aliphatic carbocycles. The van der Waals surface area contributed by atoms with Crippen molar-refractivity contribution in [2.75, 3.05) is 12.4 Å². The van der Waals surface area contributed by atoms with Gasteiger partial charge < -0.3 is 10.1 Å². The van der Waals surface area contributed by atoms with Gasteiger partial charge in [-0.2, -0.15) is 0 Å². The highest BCUT2D eigenvalue weighted by molar-refractivity contribution is 9.10. The standard InChI is InChI=1S/C16H15BrFNO/c1-20-12-8-10(17)7-11(9-12)19-16-6-5-13-14(16)3-2-4-15(13)18/h2-4,7-9,16,19H,5-6H2,1H3. The highest BCUT2D eigenvalue weighted by Crippen LogP contribution is 2.36. The fraction of sp³-hybridized carbons (Fsp3) is 0.250. The summed E-state index contributed by atoms with van der Waals surface area (Å²) >= 11 is 3.47. The third-order valence-electron chi connectivity index (χ3n) is 3.66. The summed E-state index contributed by atoms with van der Waals surface area (Å²) in [5, 5.41) is 3.46. The zero-order chi connectivity index (χ0) is 14.1. The van der Waals surface area contributed by atoms with E-state index in [4.69, 9.17) is 4.74 Å². The molecular formula is C16H15BrFNO. The normalized spacial score (nSPS) is 16.9. The van der Waals surface area contributed by atoms with Crippen molar-refractivity contribution in [3.05, 3.63) is 57.8 Å². The minimum atomic E-state index is -0.0985. The average molecular weight is 336 g/mol. The minimum Gasteiger partial charge on any atom is -0.497 e. The van der Waals surface area contributed by atoms with Crippen molar-refractivity contribution < 1.29 is 9.13 Å². The molecule has 1 atom stereocenters. The van der Waals surface area contributed by atoms with E-state index in [1.807, 2.05) is 24.3 Å². The van der Waals surface area contributed by atoms with Crippen LogP contribution in [0.3, 0.4) is 0 Å². The summed E-state index contributed by atoms with van der Waals surface area (Å²) in [6.45, 7) is 0. The lowest BCUT2D eigenvalue weighted by Gasteiger charge is -2.16. The molecule has 1 N–H and O–H groups in total. The first-order valence-electron chi connectivity index (χ1n) is 6.56. The van der Waals surface area contributed by atoms with E-state index in [0.29, 0.717) is 0 Å². The van der Waals surface area contributed by atoms with E-state index >= 15 is 0 Å². The zero-order valence-corrected chi connectivity index (χ0v) is 12.7. The summed E-state index contributed by atoms with van der Waals surface area (Å²) in [6.07, 6.45) is 1.69. The highest BCUT2D eigenvalue weighted by Gasteiger charge is 2.24. The molecular weight excluding hydrogens is 321 g/mol. The molecule has 0 fully saturated rings. The molecule has 0 spiro atoms. The number of hydrogen-bond acceptors (Lipinski definition) is 2. The van der Waals surface area contributed by atoms with E-state index in [2.05, 4.69) is 21.2 Å². The number of fused-ring (bicyclic) bond motifs is 1. The summed E-state index contributed by atoms with van der Waals surface area (Å²) in [6, 6.07) is 11.3. The fourth-order valence-corrected chi connectivity index (χ4v) is 3.20. The highest BCUT2D eigenvalue weighted by atomic mass is 79.9. The molecule has 4 heteroatoms. The van der Waals surface area contributed by atoms with Crippen LogP contribution in [-0.4, -0.2) is 7.11 Å². The quantitative estimate of drug-likeness (QED) is 0.877. The zero-order valence-electron chi connectivity index (χ0n) is 11.1. The number of hydrogen-bond donors (Lipinski definition) is 1. The van der Waals surface area contributed by atoms with E-state index in [0.717, 1.165) is 39.9 Å². The predicted octanol–water partition coefficient (Wildman–Crippen LogP) is 4.70. The van der Waals surface area contributed by atoms with Crippen LogP contribution in [-0.2, 0) is 6.42 Å². The van der Waals surface area contributed by atoms with Gasteiger partial charge in [-0.25, -0.2) is 4.39 Å². The Labute approximate surface area is 126 Å². The van der Waals surface area contributed by atoms with Gasteiger partial charge in [0.1, 0.15) is 11.6 Å². The number of benzene rings is 2. The Kier molecular flexibility index (Phi) is 3.66. The Morgan fingerprint density at radius 3 is 2.95 bits per heavy atom. The second-order valence-corrected chi connectivity index (χ2v) is 5.84. The lowest BCUT2D eigenvalue weighted by Crippen LogP contribution is -2.07. The Hall–Kier alpha value is -1.55. The Morgan fingerprint density at radius 1 is 1.30 bits per heavy atom.